The molecule has 38 heavy (non-hydrogen) atoms. The molecule has 3 unspecified atom stereocenters. The predicted octanol–water partition coefficient (Wildman–Crippen LogP) is 7.52. The van der Waals surface area contributed by atoms with Gasteiger partial charge in [0.15, 0.2) is 0 Å². The highest BCUT2D eigenvalue weighted by Gasteiger charge is 2.39. The molecule has 3 atom stereocenters. The molecule has 196 valence electrons. The third-order valence-electron chi connectivity index (χ3n) is 6.82. The van der Waals surface area contributed by atoms with Crippen LogP contribution in [0.4, 0.5) is 20.6 Å². The van der Waals surface area contributed by atoms with Crippen molar-refractivity contribution in [3.05, 3.63) is 108 Å². The monoisotopic (exact) mass is 529 g/mol. The van der Waals surface area contributed by atoms with E-state index in [4.69, 9.17) is 0 Å². The SMILES string of the molecule is C=C/C=C\C=C/C(C)C1CC(=O)N(C)C1Cc1ccc(-c2cccc(NC(=O)Nc3ccc(F)cc3)c2)s1. The summed E-state index contributed by atoms with van der Waals surface area (Å²) in [6, 6.07) is 17.2. The number of rotatable bonds is 9. The second-order valence-corrected chi connectivity index (χ2v) is 10.6. The third kappa shape index (κ3) is 6.86. The van der Waals surface area contributed by atoms with Crippen molar-refractivity contribution < 1.29 is 14.0 Å². The maximum atomic E-state index is 13.1. The quantitative estimate of drug-likeness (QED) is 0.282. The first kappa shape index (κ1) is 27.1. The first-order valence-electron chi connectivity index (χ1n) is 12.6. The lowest BCUT2D eigenvalue weighted by Gasteiger charge is -2.27. The van der Waals surface area contributed by atoms with E-state index in [1.165, 1.54) is 29.1 Å². The van der Waals surface area contributed by atoms with Crippen molar-refractivity contribution in [3.63, 3.8) is 0 Å². The summed E-state index contributed by atoms with van der Waals surface area (Å²) < 4.78 is 13.1. The Balaban J connectivity index is 1.42. The van der Waals surface area contributed by atoms with E-state index in [-0.39, 0.29) is 29.6 Å². The van der Waals surface area contributed by atoms with Gasteiger partial charge < -0.3 is 15.5 Å². The standard InChI is InChI=1S/C31H32FN3O2S/c1-4-5-6-7-9-21(2)27-20-30(36)35(3)28(27)19-26-16-17-29(38-26)22-10-8-11-25(18-22)34-31(37)33-24-14-12-23(32)13-15-24/h4-18,21,27-28H,1,19-20H2,2-3H3,(H2,33,34,37)/b6-5-,9-7-. The summed E-state index contributed by atoms with van der Waals surface area (Å²) in [5, 5.41) is 5.54. The molecule has 2 heterocycles. The summed E-state index contributed by atoms with van der Waals surface area (Å²) in [5.74, 6) is 0.352. The summed E-state index contributed by atoms with van der Waals surface area (Å²) in [4.78, 5) is 29.2. The topological polar surface area (TPSA) is 61.4 Å². The van der Waals surface area contributed by atoms with Gasteiger partial charge in [-0.3, -0.25) is 4.79 Å². The molecule has 3 aromatic rings. The molecule has 4 rings (SSSR count). The van der Waals surface area contributed by atoms with Gasteiger partial charge in [-0.25, -0.2) is 9.18 Å². The van der Waals surface area contributed by atoms with Gasteiger partial charge in [0.2, 0.25) is 5.91 Å². The minimum atomic E-state index is -0.399. The number of hydrogen-bond acceptors (Lipinski definition) is 3. The number of amides is 3. The first-order chi connectivity index (χ1) is 18.3. The molecule has 1 aliphatic rings. The normalized spacial score (nSPS) is 18.3. The summed E-state index contributed by atoms with van der Waals surface area (Å²) in [5.41, 5.74) is 2.16. The van der Waals surface area contributed by atoms with Crippen molar-refractivity contribution in [1.82, 2.24) is 4.90 Å². The van der Waals surface area contributed by atoms with Crippen LogP contribution in [-0.2, 0) is 11.2 Å². The largest absolute Gasteiger partial charge is 0.342 e. The number of likely N-dealkylation sites (N-methyl/N-ethyl adjacent to an activating group) is 1. The van der Waals surface area contributed by atoms with Crippen LogP contribution in [0.25, 0.3) is 10.4 Å². The smallest absolute Gasteiger partial charge is 0.323 e. The maximum Gasteiger partial charge on any atom is 0.323 e. The number of thiophene rings is 1. The van der Waals surface area contributed by atoms with E-state index >= 15 is 0 Å². The summed E-state index contributed by atoms with van der Waals surface area (Å²) >= 11 is 1.70. The molecule has 3 amide bonds. The third-order valence-corrected chi connectivity index (χ3v) is 7.98. The molecular formula is C31H32FN3O2S. The molecule has 1 fully saturated rings. The number of anilines is 2. The Kier molecular flexibility index (Phi) is 8.92. The summed E-state index contributed by atoms with van der Waals surface area (Å²) in [7, 11) is 1.90. The molecule has 7 heteroatoms. The van der Waals surface area contributed by atoms with Crippen LogP contribution in [0.2, 0.25) is 0 Å². The predicted molar refractivity (Wildman–Crippen MR) is 155 cm³/mol. The lowest BCUT2D eigenvalue weighted by Crippen LogP contribution is -2.35. The Morgan fingerprint density at radius 1 is 1.11 bits per heavy atom. The zero-order valence-electron chi connectivity index (χ0n) is 21.6. The molecule has 2 N–H and O–H groups in total. The molecule has 0 saturated carbocycles. The van der Waals surface area contributed by atoms with Crippen molar-refractivity contribution in [3.8, 4) is 10.4 Å². The van der Waals surface area contributed by atoms with Gasteiger partial charge in [0, 0.05) is 47.1 Å². The molecular weight excluding hydrogens is 497 g/mol. The van der Waals surface area contributed by atoms with Crippen LogP contribution in [0, 0.1) is 17.7 Å². The van der Waals surface area contributed by atoms with E-state index in [0.717, 1.165) is 16.9 Å². The van der Waals surface area contributed by atoms with Crippen LogP contribution < -0.4 is 10.6 Å². The number of nitrogens with one attached hydrogen (secondary N) is 2. The van der Waals surface area contributed by atoms with E-state index in [2.05, 4.69) is 42.3 Å². The van der Waals surface area contributed by atoms with Crippen LogP contribution in [0.3, 0.4) is 0 Å². The average Bonchev–Trinajstić information content (AvgIpc) is 3.48. The fourth-order valence-electron chi connectivity index (χ4n) is 4.73. The van der Waals surface area contributed by atoms with Crippen molar-refractivity contribution in [1.29, 1.82) is 0 Å². The van der Waals surface area contributed by atoms with Gasteiger partial charge in [-0.15, -0.1) is 11.3 Å². The van der Waals surface area contributed by atoms with Crippen LogP contribution in [0.1, 0.15) is 18.2 Å². The van der Waals surface area contributed by atoms with Crippen molar-refractivity contribution in [2.45, 2.75) is 25.8 Å². The van der Waals surface area contributed by atoms with Gasteiger partial charge in [-0.1, -0.05) is 56.0 Å². The van der Waals surface area contributed by atoms with E-state index in [0.29, 0.717) is 17.8 Å². The van der Waals surface area contributed by atoms with Crippen LogP contribution in [0.15, 0.2) is 97.6 Å². The van der Waals surface area contributed by atoms with E-state index in [1.807, 2.05) is 54.4 Å². The number of carbonyl (C=O) groups is 2. The molecule has 0 radical (unpaired) electrons. The van der Waals surface area contributed by atoms with Gasteiger partial charge in [0.05, 0.1) is 0 Å². The number of urea groups is 1. The summed E-state index contributed by atoms with van der Waals surface area (Å²) in [6.45, 7) is 5.86. The van der Waals surface area contributed by atoms with Gasteiger partial charge in [0.1, 0.15) is 5.82 Å². The van der Waals surface area contributed by atoms with E-state index in [9.17, 15) is 14.0 Å². The molecule has 0 bridgehead atoms. The lowest BCUT2D eigenvalue weighted by atomic mass is 9.85. The molecule has 5 nitrogen and oxygen atoms in total. The molecule has 2 aromatic carbocycles. The van der Waals surface area contributed by atoms with Crippen molar-refractivity contribution >= 4 is 34.6 Å². The Bertz CT molecular complexity index is 1350. The Morgan fingerprint density at radius 3 is 2.63 bits per heavy atom. The number of carbonyl (C=O) groups excluding carboxylic acids is 2. The number of nitrogens with zero attached hydrogens (tertiary/aromatic N) is 1. The fourth-order valence-corrected chi connectivity index (χ4v) is 5.78. The molecule has 0 spiro atoms. The fraction of sp³-hybridized carbons (Fsp3) is 0.226. The minimum Gasteiger partial charge on any atom is -0.342 e. The number of allylic oxidation sites excluding steroid dienone is 5. The summed E-state index contributed by atoms with van der Waals surface area (Å²) in [6.07, 6.45) is 11.1. The number of benzene rings is 2. The van der Waals surface area contributed by atoms with Crippen molar-refractivity contribution in [2.24, 2.45) is 11.8 Å². The van der Waals surface area contributed by atoms with Gasteiger partial charge >= 0.3 is 6.03 Å². The zero-order valence-corrected chi connectivity index (χ0v) is 22.4. The maximum absolute atomic E-state index is 13.1. The highest BCUT2D eigenvalue weighted by Crippen LogP contribution is 2.36. The minimum absolute atomic E-state index is 0.139. The molecule has 1 aliphatic heterocycles. The molecule has 1 saturated heterocycles. The van der Waals surface area contributed by atoms with Crippen molar-refractivity contribution in [2.75, 3.05) is 17.7 Å². The zero-order chi connectivity index (χ0) is 27.1. The van der Waals surface area contributed by atoms with Gasteiger partial charge in [0.25, 0.3) is 0 Å². The van der Waals surface area contributed by atoms with Crippen LogP contribution in [-0.4, -0.2) is 29.9 Å². The Morgan fingerprint density at radius 2 is 1.87 bits per heavy atom. The highest BCUT2D eigenvalue weighted by atomic mass is 32.1. The molecule has 0 aliphatic carbocycles. The Hall–Kier alpha value is -3.97. The van der Waals surface area contributed by atoms with Gasteiger partial charge in [-0.2, -0.15) is 0 Å². The highest BCUT2D eigenvalue weighted by molar-refractivity contribution is 7.15. The van der Waals surface area contributed by atoms with E-state index in [1.54, 1.807) is 17.4 Å². The number of halogens is 1. The van der Waals surface area contributed by atoms with Gasteiger partial charge in [-0.05, 0) is 65.9 Å². The second kappa shape index (κ2) is 12.5. The second-order valence-electron chi connectivity index (χ2n) is 9.44. The first-order valence-corrected chi connectivity index (χ1v) is 13.4. The average molecular weight is 530 g/mol. The molecule has 1 aromatic heterocycles. The number of likely N-dealkylation sites (tertiary alicyclic amines) is 1. The number of hydrogen-bond donors (Lipinski definition) is 2. The lowest BCUT2D eigenvalue weighted by molar-refractivity contribution is -0.127. The van der Waals surface area contributed by atoms with Crippen LogP contribution >= 0.6 is 11.3 Å². The van der Waals surface area contributed by atoms with E-state index < -0.39 is 6.03 Å². The Labute approximate surface area is 227 Å². The van der Waals surface area contributed by atoms with Crippen LogP contribution in [0.5, 0.6) is 0 Å².